The van der Waals surface area contributed by atoms with Crippen molar-refractivity contribution in [1.82, 2.24) is 9.78 Å². The smallest absolute Gasteiger partial charge is 0.227 e. The Balaban J connectivity index is 1.25. The largest absolute Gasteiger partial charge is 0.486 e. The molecule has 1 unspecified atom stereocenters. The van der Waals surface area contributed by atoms with E-state index in [0.717, 1.165) is 35.9 Å². The molecule has 0 spiro atoms. The van der Waals surface area contributed by atoms with Gasteiger partial charge in [-0.05, 0) is 43.7 Å². The van der Waals surface area contributed by atoms with Crippen LogP contribution in [0.3, 0.4) is 0 Å². The third-order valence-corrected chi connectivity index (χ3v) is 6.04. The molecule has 1 saturated carbocycles. The molecule has 0 saturated heterocycles. The Hall–Kier alpha value is -2.50. The second-order valence-electron chi connectivity index (χ2n) is 8.30. The van der Waals surface area contributed by atoms with Crippen LogP contribution in [0.5, 0.6) is 11.5 Å². The summed E-state index contributed by atoms with van der Waals surface area (Å²) in [5, 5.41) is 7.43. The first-order valence-corrected chi connectivity index (χ1v) is 10.9. The second kappa shape index (κ2) is 9.33. The van der Waals surface area contributed by atoms with E-state index >= 15 is 0 Å². The minimum atomic E-state index is -0.105. The number of amides is 1. The highest BCUT2D eigenvalue weighted by Gasteiger charge is 2.26. The maximum absolute atomic E-state index is 12.6. The summed E-state index contributed by atoms with van der Waals surface area (Å²) in [6.07, 6.45) is 11.7. The second-order valence-corrected chi connectivity index (χ2v) is 8.30. The number of nitrogens with zero attached hydrogens (tertiary/aromatic N) is 2. The fraction of sp³-hybridized carbons (Fsp3) is 0.565. The highest BCUT2D eigenvalue weighted by Crippen LogP contribution is 2.33. The van der Waals surface area contributed by atoms with Gasteiger partial charge in [-0.1, -0.05) is 38.3 Å². The summed E-state index contributed by atoms with van der Waals surface area (Å²) in [4.78, 5) is 12.6. The van der Waals surface area contributed by atoms with Crippen LogP contribution in [-0.4, -0.2) is 28.4 Å². The SMILES string of the molecule is CCCCC1CCC(C(=O)Nc2cnn(CC3COc4ccccc4O3)c2)CC1. The summed E-state index contributed by atoms with van der Waals surface area (Å²) >= 11 is 0. The molecule has 1 aliphatic heterocycles. The number of anilines is 1. The average Bonchev–Trinajstić information content (AvgIpc) is 3.19. The van der Waals surface area contributed by atoms with Gasteiger partial charge in [0.15, 0.2) is 17.6 Å². The summed E-state index contributed by atoms with van der Waals surface area (Å²) in [5.41, 5.74) is 0.750. The fourth-order valence-corrected chi connectivity index (χ4v) is 4.34. The van der Waals surface area contributed by atoms with E-state index < -0.39 is 0 Å². The van der Waals surface area contributed by atoms with Crippen molar-refractivity contribution in [2.24, 2.45) is 11.8 Å². The van der Waals surface area contributed by atoms with E-state index in [2.05, 4.69) is 17.3 Å². The molecule has 4 rings (SSSR count). The third kappa shape index (κ3) is 5.11. The highest BCUT2D eigenvalue weighted by atomic mass is 16.6. The molecule has 156 valence electrons. The summed E-state index contributed by atoms with van der Waals surface area (Å²) in [6.45, 7) is 3.30. The van der Waals surface area contributed by atoms with Crippen LogP contribution >= 0.6 is 0 Å². The quantitative estimate of drug-likeness (QED) is 0.738. The number of hydrogen-bond acceptors (Lipinski definition) is 4. The van der Waals surface area contributed by atoms with Crippen LogP contribution < -0.4 is 14.8 Å². The van der Waals surface area contributed by atoms with E-state index in [1.54, 1.807) is 10.9 Å². The van der Waals surface area contributed by atoms with Gasteiger partial charge in [0.05, 0.1) is 18.4 Å². The Morgan fingerprint density at radius 1 is 1.21 bits per heavy atom. The molecule has 29 heavy (non-hydrogen) atoms. The molecule has 2 aromatic rings. The van der Waals surface area contributed by atoms with Crippen LogP contribution in [0, 0.1) is 11.8 Å². The van der Waals surface area contributed by atoms with Gasteiger partial charge in [0.1, 0.15) is 6.61 Å². The monoisotopic (exact) mass is 397 g/mol. The van der Waals surface area contributed by atoms with Crippen LogP contribution in [-0.2, 0) is 11.3 Å². The Bertz CT molecular complexity index is 811. The minimum absolute atomic E-state index is 0.105. The Morgan fingerprint density at radius 3 is 2.79 bits per heavy atom. The number of rotatable bonds is 7. The van der Waals surface area contributed by atoms with Gasteiger partial charge in [0.2, 0.25) is 5.91 Å². The lowest BCUT2D eigenvalue weighted by Gasteiger charge is -2.27. The maximum atomic E-state index is 12.6. The van der Waals surface area contributed by atoms with Crippen molar-refractivity contribution in [3.8, 4) is 11.5 Å². The molecule has 0 radical (unpaired) electrons. The van der Waals surface area contributed by atoms with Crippen LogP contribution in [0.1, 0.15) is 51.9 Å². The lowest BCUT2D eigenvalue weighted by atomic mass is 9.79. The zero-order valence-corrected chi connectivity index (χ0v) is 17.2. The number of hydrogen-bond donors (Lipinski definition) is 1. The van der Waals surface area contributed by atoms with Crippen molar-refractivity contribution in [2.45, 2.75) is 64.5 Å². The van der Waals surface area contributed by atoms with Crippen molar-refractivity contribution in [1.29, 1.82) is 0 Å². The Labute approximate surface area is 172 Å². The zero-order chi connectivity index (χ0) is 20.1. The molecule has 6 nitrogen and oxygen atoms in total. The topological polar surface area (TPSA) is 65.4 Å². The van der Waals surface area contributed by atoms with E-state index in [1.165, 1.54) is 32.1 Å². The van der Waals surface area contributed by atoms with Crippen molar-refractivity contribution in [3.63, 3.8) is 0 Å². The first-order chi connectivity index (χ1) is 14.2. The van der Waals surface area contributed by atoms with Crippen molar-refractivity contribution in [3.05, 3.63) is 36.7 Å². The van der Waals surface area contributed by atoms with Gasteiger partial charge < -0.3 is 14.8 Å². The number of carbonyl (C=O) groups excluding carboxylic acids is 1. The maximum Gasteiger partial charge on any atom is 0.227 e. The molecule has 1 aromatic carbocycles. The van der Waals surface area contributed by atoms with Crippen LogP contribution in [0.4, 0.5) is 5.69 Å². The first-order valence-electron chi connectivity index (χ1n) is 10.9. The number of fused-ring (bicyclic) bond motifs is 1. The van der Waals surface area contributed by atoms with E-state index in [1.807, 2.05) is 30.5 Å². The van der Waals surface area contributed by atoms with E-state index in [4.69, 9.17) is 9.47 Å². The molecule has 1 aromatic heterocycles. The van der Waals surface area contributed by atoms with Crippen LogP contribution in [0.15, 0.2) is 36.7 Å². The normalized spacial score (nSPS) is 23.6. The molecular formula is C23H31N3O3. The summed E-state index contributed by atoms with van der Waals surface area (Å²) in [5.74, 6) is 2.61. The third-order valence-electron chi connectivity index (χ3n) is 6.04. The molecule has 1 fully saturated rings. The van der Waals surface area contributed by atoms with Crippen molar-refractivity contribution >= 4 is 11.6 Å². The lowest BCUT2D eigenvalue weighted by Crippen LogP contribution is -2.33. The molecule has 0 bridgehead atoms. The van der Waals surface area contributed by atoms with E-state index in [0.29, 0.717) is 13.2 Å². The average molecular weight is 398 g/mol. The molecule has 1 atom stereocenters. The predicted octanol–water partition coefficient (Wildman–Crippen LogP) is 4.66. The van der Waals surface area contributed by atoms with E-state index in [9.17, 15) is 4.79 Å². The molecule has 2 aliphatic rings. The molecule has 1 amide bonds. The fourth-order valence-electron chi connectivity index (χ4n) is 4.34. The molecule has 1 N–H and O–H groups in total. The number of benzene rings is 1. The standard InChI is InChI=1S/C23H31N3O3/c1-2-3-6-17-9-11-18(12-10-17)23(27)25-19-13-24-26(14-19)15-20-16-28-21-7-4-5-8-22(21)29-20/h4-5,7-8,13-14,17-18,20H,2-3,6,9-12,15-16H2,1H3,(H,25,27). The zero-order valence-electron chi connectivity index (χ0n) is 17.2. The summed E-state index contributed by atoms with van der Waals surface area (Å²) in [7, 11) is 0. The highest BCUT2D eigenvalue weighted by molar-refractivity contribution is 5.92. The van der Waals surface area contributed by atoms with Crippen LogP contribution in [0.25, 0.3) is 0 Å². The predicted molar refractivity (Wildman–Crippen MR) is 112 cm³/mol. The van der Waals surface area contributed by atoms with E-state index in [-0.39, 0.29) is 17.9 Å². The van der Waals surface area contributed by atoms with Gasteiger partial charge in [-0.15, -0.1) is 0 Å². The molecule has 2 heterocycles. The summed E-state index contributed by atoms with van der Waals surface area (Å²) in [6, 6.07) is 7.68. The van der Waals surface area contributed by atoms with Crippen LogP contribution in [0.2, 0.25) is 0 Å². The molecule has 6 heteroatoms. The number of carbonyl (C=O) groups is 1. The number of nitrogens with one attached hydrogen (secondary N) is 1. The number of unbranched alkanes of at least 4 members (excludes halogenated alkanes) is 1. The summed E-state index contributed by atoms with van der Waals surface area (Å²) < 4.78 is 13.5. The van der Waals surface area contributed by atoms with Gasteiger partial charge in [-0.3, -0.25) is 9.48 Å². The Morgan fingerprint density at radius 2 is 2.00 bits per heavy atom. The Kier molecular flexibility index (Phi) is 6.37. The van der Waals surface area contributed by atoms with Gasteiger partial charge >= 0.3 is 0 Å². The minimum Gasteiger partial charge on any atom is -0.486 e. The number of para-hydroxylation sites is 2. The van der Waals surface area contributed by atoms with Crippen molar-refractivity contribution < 1.29 is 14.3 Å². The van der Waals surface area contributed by atoms with Gasteiger partial charge in [0.25, 0.3) is 0 Å². The molecular weight excluding hydrogens is 366 g/mol. The number of aromatic nitrogens is 2. The van der Waals surface area contributed by atoms with Gasteiger partial charge in [0, 0.05) is 12.1 Å². The first kappa shape index (κ1) is 19.8. The van der Waals surface area contributed by atoms with Gasteiger partial charge in [-0.25, -0.2) is 0 Å². The lowest BCUT2D eigenvalue weighted by molar-refractivity contribution is -0.121. The molecule has 1 aliphatic carbocycles. The van der Waals surface area contributed by atoms with Gasteiger partial charge in [-0.2, -0.15) is 5.10 Å². The van der Waals surface area contributed by atoms with Crippen molar-refractivity contribution in [2.75, 3.05) is 11.9 Å². The number of ether oxygens (including phenoxy) is 2.